The van der Waals surface area contributed by atoms with Crippen LogP contribution >= 0.6 is 0 Å². The fourth-order valence-corrected chi connectivity index (χ4v) is 3.55. The number of nitrogens with zero attached hydrogens (tertiary/aromatic N) is 6. The van der Waals surface area contributed by atoms with Crippen molar-refractivity contribution in [1.82, 2.24) is 34.3 Å². The zero-order chi connectivity index (χ0) is 21.2. The first-order valence-corrected chi connectivity index (χ1v) is 10.0. The van der Waals surface area contributed by atoms with Crippen molar-refractivity contribution >= 4 is 11.4 Å². The van der Waals surface area contributed by atoms with Crippen molar-refractivity contribution in [2.24, 2.45) is 7.05 Å². The van der Waals surface area contributed by atoms with E-state index in [2.05, 4.69) is 43.2 Å². The molecule has 5 rings (SSSR count). The lowest BCUT2D eigenvalue weighted by atomic mass is 10.1. The van der Waals surface area contributed by atoms with Crippen LogP contribution in [0.4, 0.5) is 0 Å². The fraction of sp³-hybridized carbons (Fsp3) is 0.130. The quantitative estimate of drug-likeness (QED) is 0.466. The molecule has 1 N–H and O–H groups in total. The van der Waals surface area contributed by atoms with Crippen LogP contribution in [0, 0.1) is 0 Å². The van der Waals surface area contributed by atoms with E-state index in [9.17, 15) is 4.79 Å². The molecule has 5 aromatic heterocycles. The number of amides is 1. The number of rotatable bonds is 6. The molecule has 0 atom stereocenters. The second kappa shape index (κ2) is 7.91. The normalized spacial score (nSPS) is 11.1. The van der Waals surface area contributed by atoms with Gasteiger partial charge in [-0.15, -0.1) is 0 Å². The third-order valence-corrected chi connectivity index (χ3v) is 5.17. The molecule has 8 heteroatoms. The summed E-state index contributed by atoms with van der Waals surface area (Å²) < 4.78 is 5.56. The monoisotopic (exact) mass is 411 g/mol. The smallest absolute Gasteiger partial charge is 0.271 e. The highest BCUT2D eigenvalue weighted by atomic mass is 16.1. The van der Waals surface area contributed by atoms with Crippen molar-refractivity contribution in [1.29, 1.82) is 0 Å². The van der Waals surface area contributed by atoms with Crippen LogP contribution < -0.4 is 5.32 Å². The molecule has 0 aliphatic heterocycles. The van der Waals surface area contributed by atoms with E-state index in [0.29, 0.717) is 12.2 Å². The number of pyridine rings is 2. The Morgan fingerprint density at radius 1 is 1.00 bits per heavy atom. The van der Waals surface area contributed by atoms with Gasteiger partial charge in [-0.2, -0.15) is 10.2 Å². The molecule has 0 fully saturated rings. The Morgan fingerprint density at radius 3 is 2.65 bits per heavy atom. The van der Waals surface area contributed by atoms with Gasteiger partial charge in [-0.3, -0.25) is 14.5 Å². The van der Waals surface area contributed by atoms with Gasteiger partial charge in [0, 0.05) is 61.2 Å². The standard InChI is InChI=1S/C23H21N7O/c1-28-15-19(14-26-28)18-2-3-20-4-5-22(29(20)16-18)30-13-9-21(27-30)23(31)25-12-8-17-6-10-24-11-7-17/h2-7,9-11,13-16H,8,12H2,1H3,(H,25,31). The Morgan fingerprint density at radius 2 is 1.84 bits per heavy atom. The van der Waals surface area contributed by atoms with E-state index in [1.807, 2.05) is 43.7 Å². The molecular formula is C23H21N7O. The first kappa shape index (κ1) is 18.8. The first-order chi connectivity index (χ1) is 15.2. The van der Waals surface area contributed by atoms with E-state index >= 15 is 0 Å². The minimum atomic E-state index is -0.190. The van der Waals surface area contributed by atoms with Crippen molar-refractivity contribution in [3.8, 4) is 16.9 Å². The summed E-state index contributed by atoms with van der Waals surface area (Å²) in [7, 11) is 1.90. The topological polar surface area (TPSA) is 82.0 Å². The molecule has 154 valence electrons. The molecule has 0 aliphatic carbocycles. The average Bonchev–Trinajstić information content (AvgIpc) is 3.53. The van der Waals surface area contributed by atoms with E-state index in [1.165, 1.54) is 0 Å². The Hall–Kier alpha value is -4.20. The summed E-state index contributed by atoms with van der Waals surface area (Å²) in [6.45, 7) is 0.540. The molecule has 5 aromatic rings. The van der Waals surface area contributed by atoms with Crippen molar-refractivity contribution in [3.63, 3.8) is 0 Å². The molecule has 0 bridgehead atoms. The van der Waals surface area contributed by atoms with Crippen molar-refractivity contribution in [3.05, 3.63) is 90.9 Å². The summed E-state index contributed by atoms with van der Waals surface area (Å²) in [6, 6.07) is 13.8. The maximum Gasteiger partial charge on any atom is 0.271 e. The molecule has 0 spiro atoms. The lowest BCUT2D eigenvalue weighted by Crippen LogP contribution is -2.26. The fourth-order valence-electron chi connectivity index (χ4n) is 3.55. The molecular weight excluding hydrogens is 390 g/mol. The van der Waals surface area contributed by atoms with Crippen LogP contribution in [-0.4, -0.2) is 41.4 Å². The van der Waals surface area contributed by atoms with Crippen LogP contribution in [0.5, 0.6) is 0 Å². The van der Waals surface area contributed by atoms with Crippen LogP contribution in [0.1, 0.15) is 16.1 Å². The number of aromatic nitrogens is 6. The number of hydrogen-bond donors (Lipinski definition) is 1. The molecule has 0 radical (unpaired) electrons. The summed E-state index contributed by atoms with van der Waals surface area (Å²) in [4.78, 5) is 16.5. The van der Waals surface area contributed by atoms with Gasteiger partial charge in [0.15, 0.2) is 5.69 Å². The van der Waals surface area contributed by atoms with Crippen LogP contribution in [0.3, 0.4) is 0 Å². The third kappa shape index (κ3) is 3.83. The van der Waals surface area contributed by atoms with Gasteiger partial charge >= 0.3 is 0 Å². The number of carbonyl (C=O) groups excluding carboxylic acids is 1. The van der Waals surface area contributed by atoms with E-state index in [-0.39, 0.29) is 5.91 Å². The highest BCUT2D eigenvalue weighted by Gasteiger charge is 2.12. The maximum atomic E-state index is 12.5. The zero-order valence-corrected chi connectivity index (χ0v) is 17.0. The number of aryl methyl sites for hydroxylation is 1. The zero-order valence-electron chi connectivity index (χ0n) is 17.0. The molecule has 1 amide bonds. The summed E-state index contributed by atoms with van der Waals surface area (Å²) in [5.41, 5.74) is 4.65. The predicted octanol–water partition coefficient (Wildman–Crippen LogP) is 2.89. The summed E-state index contributed by atoms with van der Waals surface area (Å²) in [5, 5.41) is 11.7. The summed E-state index contributed by atoms with van der Waals surface area (Å²) >= 11 is 0. The van der Waals surface area contributed by atoms with Gasteiger partial charge in [-0.05, 0) is 48.4 Å². The number of fused-ring (bicyclic) bond motifs is 1. The van der Waals surface area contributed by atoms with E-state index in [4.69, 9.17) is 0 Å². The molecule has 0 aliphatic rings. The van der Waals surface area contributed by atoms with Gasteiger partial charge in [0.25, 0.3) is 5.91 Å². The highest BCUT2D eigenvalue weighted by Crippen LogP contribution is 2.22. The first-order valence-electron chi connectivity index (χ1n) is 10.0. The number of nitrogens with one attached hydrogen (secondary N) is 1. The Balaban J connectivity index is 1.34. The van der Waals surface area contributed by atoms with Gasteiger partial charge in [0.2, 0.25) is 0 Å². The second-order valence-electron chi connectivity index (χ2n) is 7.31. The Bertz CT molecular complexity index is 1350. The molecule has 0 unspecified atom stereocenters. The highest BCUT2D eigenvalue weighted by molar-refractivity contribution is 5.92. The van der Waals surface area contributed by atoms with Crippen LogP contribution in [0.25, 0.3) is 22.5 Å². The summed E-state index contributed by atoms with van der Waals surface area (Å²) in [5.74, 6) is 0.668. The van der Waals surface area contributed by atoms with Gasteiger partial charge in [0.05, 0.1) is 6.20 Å². The molecule has 8 nitrogen and oxygen atoms in total. The van der Waals surface area contributed by atoms with Gasteiger partial charge in [-0.1, -0.05) is 6.07 Å². The second-order valence-corrected chi connectivity index (χ2v) is 7.31. The molecule has 5 heterocycles. The Kier molecular flexibility index (Phi) is 4.80. The lowest BCUT2D eigenvalue weighted by Gasteiger charge is -2.06. The lowest BCUT2D eigenvalue weighted by molar-refractivity contribution is 0.0948. The minimum Gasteiger partial charge on any atom is -0.350 e. The van der Waals surface area contributed by atoms with Crippen molar-refractivity contribution in [2.45, 2.75) is 6.42 Å². The molecule has 0 saturated carbocycles. The number of hydrogen-bond acceptors (Lipinski definition) is 4. The van der Waals surface area contributed by atoms with Gasteiger partial charge in [0.1, 0.15) is 5.82 Å². The van der Waals surface area contributed by atoms with Crippen LogP contribution in [0.15, 0.2) is 79.6 Å². The third-order valence-electron chi connectivity index (χ3n) is 5.17. The summed E-state index contributed by atoms with van der Waals surface area (Å²) in [6.07, 6.45) is 11.9. The van der Waals surface area contributed by atoms with Crippen molar-refractivity contribution in [2.75, 3.05) is 6.54 Å². The number of carbonyl (C=O) groups is 1. The maximum absolute atomic E-state index is 12.5. The SMILES string of the molecule is Cn1cc(-c2ccc3ccc(-n4ccc(C(=O)NCCc5ccncc5)n4)n3c2)cn1. The van der Waals surface area contributed by atoms with E-state index in [1.54, 1.807) is 34.0 Å². The minimum absolute atomic E-state index is 0.190. The average molecular weight is 411 g/mol. The molecule has 0 saturated heterocycles. The van der Waals surface area contributed by atoms with E-state index in [0.717, 1.165) is 34.4 Å². The molecule has 31 heavy (non-hydrogen) atoms. The largest absolute Gasteiger partial charge is 0.350 e. The van der Waals surface area contributed by atoms with Gasteiger partial charge < -0.3 is 9.72 Å². The Labute approximate surface area is 178 Å². The van der Waals surface area contributed by atoms with Gasteiger partial charge in [-0.25, -0.2) is 4.68 Å². The molecule has 0 aromatic carbocycles. The van der Waals surface area contributed by atoms with Crippen molar-refractivity contribution < 1.29 is 4.79 Å². The predicted molar refractivity (Wildman–Crippen MR) is 117 cm³/mol. The van der Waals surface area contributed by atoms with E-state index < -0.39 is 0 Å². The van der Waals surface area contributed by atoms with Crippen LogP contribution in [-0.2, 0) is 13.5 Å². The van der Waals surface area contributed by atoms with Crippen LogP contribution in [0.2, 0.25) is 0 Å².